The second kappa shape index (κ2) is 4.61. The molecular weight excluding hydrogens is 242 g/mol. The van der Waals surface area contributed by atoms with E-state index in [1.54, 1.807) is 19.2 Å². The minimum Gasteiger partial charge on any atom is -0.481 e. The Bertz CT molecular complexity index is 613. The number of anilines is 3. The first kappa shape index (κ1) is 11.5. The second-order valence-electron chi connectivity index (χ2n) is 4.19. The van der Waals surface area contributed by atoms with Crippen LogP contribution in [0.3, 0.4) is 0 Å². The van der Waals surface area contributed by atoms with Gasteiger partial charge in [0, 0.05) is 11.8 Å². The Hall–Kier alpha value is -2.56. The predicted octanol–water partition coefficient (Wildman–Crippen LogP) is 2.18. The van der Waals surface area contributed by atoms with Crippen LogP contribution >= 0.6 is 0 Å². The van der Waals surface area contributed by atoms with Crippen LogP contribution in [0.15, 0.2) is 42.5 Å². The van der Waals surface area contributed by atoms with E-state index in [4.69, 9.17) is 4.74 Å². The molecule has 1 aliphatic heterocycles. The molecule has 0 saturated heterocycles. The van der Waals surface area contributed by atoms with Crippen molar-refractivity contribution < 1.29 is 9.53 Å². The van der Waals surface area contributed by atoms with Crippen molar-refractivity contribution in [3.05, 3.63) is 42.5 Å². The summed E-state index contributed by atoms with van der Waals surface area (Å²) in [6, 6.07) is 13.2. The molecule has 2 heterocycles. The quantitative estimate of drug-likeness (QED) is 0.893. The third-order valence-corrected chi connectivity index (χ3v) is 2.96. The normalized spacial score (nSPS) is 13.7. The van der Waals surface area contributed by atoms with Crippen LogP contribution in [-0.2, 0) is 4.79 Å². The third kappa shape index (κ3) is 2.10. The number of ether oxygens (including phenoxy) is 1. The number of rotatable bonds is 2. The standard InChI is InChI=1S/C14H13N3O2/c1-19-13-8-7-11-14(16-13)17(9-12(18)15-11)10-5-3-2-4-6-10/h2-8H,9H2,1H3,(H,15,18). The minimum absolute atomic E-state index is 0.0525. The van der Waals surface area contributed by atoms with Gasteiger partial charge in [0.15, 0.2) is 5.82 Å². The zero-order valence-corrected chi connectivity index (χ0v) is 10.5. The van der Waals surface area contributed by atoms with Crippen molar-refractivity contribution in [2.24, 2.45) is 0 Å². The number of para-hydroxylation sites is 1. The van der Waals surface area contributed by atoms with E-state index < -0.39 is 0 Å². The molecule has 0 fully saturated rings. The van der Waals surface area contributed by atoms with Crippen molar-refractivity contribution in [2.45, 2.75) is 0 Å². The van der Waals surface area contributed by atoms with E-state index in [0.29, 0.717) is 17.4 Å². The molecule has 0 spiro atoms. The number of nitrogens with one attached hydrogen (secondary N) is 1. The van der Waals surface area contributed by atoms with Gasteiger partial charge in [0.1, 0.15) is 6.54 Å². The van der Waals surface area contributed by atoms with Gasteiger partial charge < -0.3 is 15.0 Å². The second-order valence-corrected chi connectivity index (χ2v) is 4.19. The van der Waals surface area contributed by atoms with E-state index in [1.807, 2.05) is 35.2 Å². The molecule has 1 aliphatic rings. The summed E-state index contributed by atoms with van der Waals surface area (Å²) in [5.74, 6) is 1.17. The van der Waals surface area contributed by atoms with E-state index in [2.05, 4.69) is 10.3 Å². The summed E-state index contributed by atoms with van der Waals surface area (Å²) in [6.45, 7) is 0.247. The first-order valence-corrected chi connectivity index (χ1v) is 5.95. The first-order chi connectivity index (χ1) is 9.28. The summed E-state index contributed by atoms with van der Waals surface area (Å²) in [5.41, 5.74) is 1.63. The summed E-state index contributed by atoms with van der Waals surface area (Å²) < 4.78 is 5.14. The van der Waals surface area contributed by atoms with Crippen LogP contribution in [-0.4, -0.2) is 24.5 Å². The molecule has 2 aromatic rings. The van der Waals surface area contributed by atoms with Crippen LogP contribution in [0.5, 0.6) is 5.88 Å². The Morgan fingerprint density at radius 3 is 2.74 bits per heavy atom. The fourth-order valence-corrected chi connectivity index (χ4v) is 2.08. The van der Waals surface area contributed by atoms with Gasteiger partial charge in [-0.25, -0.2) is 0 Å². The molecule has 5 nitrogen and oxygen atoms in total. The van der Waals surface area contributed by atoms with E-state index in [-0.39, 0.29) is 12.5 Å². The molecule has 1 aromatic carbocycles. The molecule has 0 unspecified atom stereocenters. The maximum Gasteiger partial charge on any atom is 0.244 e. The van der Waals surface area contributed by atoms with Gasteiger partial charge in [-0.15, -0.1) is 0 Å². The van der Waals surface area contributed by atoms with Crippen molar-refractivity contribution in [2.75, 3.05) is 23.9 Å². The molecule has 3 rings (SSSR count). The van der Waals surface area contributed by atoms with Crippen molar-refractivity contribution in [1.82, 2.24) is 4.98 Å². The van der Waals surface area contributed by atoms with E-state index in [1.165, 1.54) is 0 Å². The van der Waals surface area contributed by atoms with Crippen LogP contribution < -0.4 is 15.0 Å². The van der Waals surface area contributed by atoms with Crippen LogP contribution in [0.25, 0.3) is 0 Å². The summed E-state index contributed by atoms with van der Waals surface area (Å²) in [6.07, 6.45) is 0. The van der Waals surface area contributed by atoms with Crippen LogP contribution in [0.1, 0.15) is 0 Å². The van der Waals surface area contributed by atoms with Crippen molar-refractivity contribution in [3.8, 4) is 5.88 Å². The molecule has 0 radical (unpaired) electrons. The van der Waals surface area contributed by atoms with Gasteiger partial charge in [0.05, 0.1) is 12.8 Å². The number of carbonyl (C=O) groups is 1. The summed E-state index contributed by atoms with van der Waals surface area (Å²) >= 11 is 0. The summed E-state index contributed by atoms with van der Waals surface area (Å²) in [7, 11) is 1.57. The minimum atomic E-state index is -0.0525. The van der Waals surface area contributed by atoms with E-state index in [0.717, 1.165) is 5.69 Å². The lowest BCUT2D eigenvalue weighted by Crippen LogP contribution is -2.35. The van der Waals surface area contributed by atoms with Crippen LogP contribution in [0.4, 0.5) is 17.2 Å². The lowest BCUT2D eigenvalue weighted by Gasteiger charge is -2.29. The highest BCUT2D eigenvalue weighted by molar-refractivity contribution is 6.02. The van der Waals surface area contributed by atoms with Gasteiger partial charge in [-0.2, -0.15) is 4.98 Å². The Morgan fingerprint density at radius 2 is 2.00 bits per heavy atom. The number of benzene rings is 1. The highest BCUT2D eigenvalue weighted by atomic mass is 16.5. The van der Waals surface area contributed by atoms with Crippen molar-refractivity contribution in [3.63, 3.8) is 0 Å². The van der Waals surface area contributed by atoms with Gasteiger partial charge >= 0.3 is 0 Å². The molecule has 96 valence electrons. The van der Waals surface area contributed by atoms with E-state index >= 15 is 0 Å². The molecular formula is C14H13N3O2. The smallest absolute Gasteiger partial charge is 0.244 e. The Balaban J connectivity index is 2.10. The maximum atomic E-state index is 11.8. The van der Waals surface area contributed by atoms with E-state index in [9.17, 15) is 4.79 Å². The molecule has 0 bridgehead atoms. The number of amides is 1. The monoisotopic (exact) mass is 255 g/mol. The molecule has 5 heteroatoms. The number of hydrogen-bond acceptors (Lipinski definition) is 4. The largest absolute Gasteiger partial charge is 0.481 e. The summed E-state index contributed by atoms with van der Waals surface area (Å²) in [4.78, 5) is 18.0. The van der Waals surface area contributed by atoms with Crippen LogP contribution in [0, 0.1) is 0 Å². The molecule has 19 heavy (non-hydrogen) atoms. The number of hydrogen-bond donors (Lipinski definition) is 1. The SMILES string of the molecule is COc1ccc2c(n1)N(c1ccccc1)CC(=O)N2. The average Bonchev–Trinajstić information content (AvgIpc) is 2.47. The average molecular weight is 255 g/mol. The molecule has 1 N–H and O–H groups in total. The van der Waals surface area contributed by atoms with Crippen molar-refractivity contribution >= 4 is 23.1 Å². The fraction of sp³-hybridized carbons (Fsp3) is 0.143. The lowest BCUT2D eigenvalue weighted by atomic mass is 10.2. The third-order valence-electron chi connectivity index (χ3n) is 2.96. The zero-order valence-electron chi connectivity index (χ0n) is 10.5. The Morgan fingerprint density at radius 1 is 1.21 bits per heavy atom. The molecule has 1 aromatic heterocycles. The van der Waals surface area contributed by atoms with Gasteiger partial charge in [-0.1, -0.05) is 18.2 Å². The molecule has 0 aliphatic carbocycles. The summed E-state index contributed by atoms with van der Waals surface area (Å²) in [5, 5.41) is 2.81. The fourth-order valence-electron chi connectivity index (χ4n) is 2.08. The van der Waals surface area contributed by atoms with Crippen LogP contribution in [0.2, 0.25) is 0 Å². The number of nitrogens with zero attached hydrogens (tertiary/aromatic N) is 2. The Labute approximate surface area is 110 Å². The Kier molecular flexibility index (Phi) is 2.79. The topological polar surface area (TPSA) is 54.5 Å². The predicted molar refractivity (Wildman–Crippen MR) is 72.9 cm³/mol. The molecule has 1 amide bonds. The molecule has 0 atom stereocenters. The van der Waals surface area contributed by atoms with Gasteiger partial charge in [0.25, 0.3) is 0 Å². The number of pyridine rings is 1. The number of carbonyl (C=O) groups excluding carboxylic acids is 1. The molecule has 0 saturated carbocycles. The van der Waals surface area contributed by atoms with Crippen molar-refractivity contribution in [1.29, 1.82) is 0 Å². The highest BCUT2D eigenvalue weighted by Gasteiger charge is 2.24. The van der Waals surface area contributed by atoms with Gasteiger partial charge in [0.2, 0.25) is 11.8 Å². The lowest BCUT2D eigenvalue weighted by molar-refractivity contribution is -0.115. The number of methoxy groups -OCH3 is 1. The van der Waals surface area contributed by atoms with Gasteiger partial charge in [-0.05, 0) is 18.2 Å². The number of aromatic nitrogens is 1. The number of fused-ring (bicyclic) bond motifs is 1. The van der Waals surface area contributed by atoms with Gasteiger partial charge in [-0.3, -0.25) is 4.79 Å². The zero-order chi connectivity index (χ0) is 13.2. The first-order valence-electron chi connectivity index (χ1n) is 5.95. The highest BCUT2D eigenvalue weighted by Crippen LogP contribution is 2.34. The maximum absolute atomic E-state index is 11.8.